The highest BCUT2D eigenvalue weighted by Gasteiger charge is 2.13. The first-order valence-corrected chi connectivity index (χ1v) is 8.11. The molecule has 2 aromatic rings. The molecular formula is C13H19N3O2S. The summed E-state index contributed by atoms with van der Waals surface area (Å²) in [6.45, 7) is 4.13. The molecule has 5 nitrogen and oxygen atoms in total. The van der Waals surface area contributed by atoms with Crippen LogP contribution in [0.5, 0.6) is 0 Å². The average Bonchev–Trinajstić information content (AvgIpc) is 2.68. The summed E-state index contributed by atoms with van der Waals surface area (Å²) >= 11 is 0. The van der Waals surface area contributed by atoms with Gasteiger partial charge in [-0.2, -0.15) is 0 Å². The average molecular weight is 281 g/mol. The molecular weight excluding hydrogens is 262 g/mol. The summed E-state index contributed by atoms with van der Waals surface area (Å²) in [4.78, 5) is 7.86. The van der Waals surface area contributed by atoms with Gasteiger partial charge in [0.15, 0.2) is 9.84 Å². The molecule has 0 saturated carbocycles. The third kappa shape index (κ3) is 3.13. The Morgan fingerprint density at radius 2 is 2.05 bits per heavy atom. The number of aromatic nitrogens is 2. The summed E-state index contributed by atoms with van der Waals surface area (Å²) in [6, 6.07) is 4.94. The largest absolute Gasteiger partial charge is 0.342 e. The van der Waals surface area contributed by atoms with E-state index in [-0.39, 0.29) is 6.04 Å². The molecule has 1 aromatic heterocycles. The molecule has 1 atom stereocenters. The molecule has 3 N–H and O–H groups in total. The van der Waals surface area contributed by atoms with Crippen molar-refractivity contribution >= 4 is 20.9 Å². The van der Waals surface area contributed by atoms with Crippen molar-refractivity contribution in [3.05, 3.63) is 24.0 Å². The third-order valence-electron chi connectivity index (χ3n) is 3.22. The molecule has 0 fully saturated rings. The Morgan fingerprint density at radius 1 is 1.37 bits per heavy atom. The fourth-order valence-corrected chi connectivity index (χ4v) is 2.48. The van der Waals surface area contributed by atoms with Crippen molar-refractivity contribution in [2.75, 3.05) is 6.26 Å². The first kappa shape index (κ1) is 14.0. The van der Waals surface area contributed by atoms with Crippen LogP contribution in [0.4, 0.5) is 0 Å². The highest BCUT2D eigenvalue weighted by molar-refractivity contribution is 7.90. The third-order valence-corrected chi connectivity index (χ3v) is 4.33. The van der Waals surface area contributed by atoms with Gasteiger partial charge in [-0.05, 0) is 24.1 Å². The van der Waals surface area contributed by atoms with Crippen LogP contribution >= 0.6 is 0 Å². The number of sulfone groups is 1. The van der Waals surface area contributed by atoms with E-state index in [9.17, 15) is 8.42 Å². The van der Waals surface area contributed by atoms with Gasteiger partial charge in [-0.25, -0.2) is 13.4 Å². The molecule has 0 amide bonds. The Hall–Kier alpha value is -1.40. The SMILES string of the molecule is CC(C)C(N)Cc1nc2ccc(S(C)(=O)=O)cc2[nH]1. The van der Waals surface area contributed by atoms with Crippen LogP contribution in [0.25, 0.3) is 11.0 Å². The fourth-order valence-electron chi connectivity index (χ4n) is 1.83. The smallest absolute Gasteiger partial charge is 0.175 e. The van der Waals surface area contributed by atoms with Crippen LogP contribution in [0, 0.1) is 5.92 Å². The first-order valence-electron chi connectivity index (χ1n) is 6.21. The van der Waals surface area contributed by atoms with Crippen molar-refractivity contribution < 1.29 is 8.42 Å². The minimum Gasteiger partial charge on any atom is -0.342 e. The summed E-state index contributed by atoms with van der Waals surface area (Å²) in [5.74, 6) is 1.17. The van der Waals surface area contributed by atoms with Crippen LogP contribution < -0.4 is 5.73 Å². The summed E-state index contributed by atoms with van der Waals surface area (Å²) in [7, 11) is -3.19. The Kier molecular flexibility index (Phi) is 3.64. The van der Waals surface area contributed by atoms with Crippen LogP contribution in [0.2, 0.25) is 0 Å². The van der Waals surface area contributed by atoms with E-state index in [0.29, 0.717) is 17.2 Å². The van der Waals surface area contributed by atoms with Gasteiger partial charge in [0.05, 0.1) is 15.9 Å². The normalized spacial score (nSPS) is 14.2. The number of hydrogen-bond donors (Lipinski definition) is 2. The molecule has 0 spiro atoms. The fraction of sp³-hybridized carbons (Fsp3) is 0.462. The Labute approximate surface area is 113 Å². The number of aromatic amines is 1. The van der Waals surface area contributed by atoms with Crippen LogP contribution in [-0.2, 0) is 16.3 Å². The quantitative estimate of drug-likeness (QED) is 0.888. The van der Waals surface area contributed by atoms with Crippen molar-refractivity contribution in [2.24, 2.45) is 11.7 Å². The second-order valence-electron chi connectivity index (χ2n) is 5.25. The van der Waals surface area contributed by atoms with Gasteiger partial charge in [0, 0.05) is 18.7 Å². The zero-order valence-corrected chi connectivity index (χ0v) is 12.2. The second-order valence-corrected chi connectivity index (χ2v) is 7.26. The number of benzene rings is 1. The zero-order chi connectivity index (χ0) is 14.2. The van der Waals surface area contributed by atoms with Gasteiger partial charge in [-0.3, -0.25) is 0 Å². The second kappa shape index (κ2) is 4.94. The van der Waals surface area contributed by atoms with E-state index in [1.807, 2.05) is 0 Å². The predicted octanol–water partition coefficient (Wildman–Crippen LogP) is 1.49. The van der Waals surface area contributed by atoms with Gasteiger partial charge in [-0.15, -0.1) is 0 Å². The number of H-pyrrole nitrogens is 1. The lowest BCUT2D eigenvalue weighted by molar-refractivity contribution is 0.483. The van der Waals surface area contributed by atoms with Crippen molar-refractivity contribution in [1.29, 1.82) is 0 Å². The molecule has 19 heavy (non-hydrogen) atoms. The van der Waals surface area contributed by atoms with Crippen LogP contribution in [0.3, 0.4) is 0 Å². The van der Waals surface area contributed by atoms with Crippen LogP contribution in [0.1, 0.15) is 19.7 Å². The summed E-state index contributed by atoms with van der Waals surface area (Å²) in [6.07, 6.45) is 1.85. The Morgan fingerprint density at radius 3 is 2.63 bits per heavy atom. The number of fused-ring (bicyclic) bond motifs is 1. The molecule has 0 aliphatic rings. The maximum Gasteiger partial charge on any atom is 0.175 e. The molecule has 0 aliphatic carbocycles. The molecule has 1 heterocycles. The molecule has 0 bridgehead atoms. The Balaban J connectivity index is 2.36. The minimum atomic E-state index is -3.19. The number of imidazole rings is 1. The van der Waals surface area contributed by atoms with Crippen LogP contribution in [-0.4, -0.2) is 30.7 Å². The summed E-state index contributed by atoms with van der Waals surface area (Å²) in [5.41, 5.74) is 7.51. The monoisotopic (exact) mass is 281 g/mol. The van der Waals surface area contributed by atoms with Gasteiger partial charge in [-0.1, -0.05) is 13.8 Å². The van der Waals surface area contributed by atoms with Gasteiger partial charge >= 0.3 is 0 Å². The highest BCUT2D eigenvalue weighted by atomic mass is 32.2. The van der Waals surface area contributed by atoms with Crippen molar-refractivity contribution in [1.82, 2.24) is 9.97 Å². The molecule has 104 valence electrons. The molecule has 2 rings (SSSR count). The lowest BCUT2D eigenvalue weighted by Crippen LogP contribution is -2.29. The molecule has 0 radical (unpaired) electrons. The maximum atomic E-state index is 11.5. The topological polar surface area (TPSA) is 88.8 Å². The highest BCUT2D eigenvalue weighted by Crippen LogP contribution is 2.18. The Bertz CT molecular complexity index is 689. The molecule has 1 aromatic carbocycles. The summed E-state index contributed by atoms with van der Waals surface area (Å²) in [5, 5.41) is 0. The number of nitrogens with one attached hydrogen (secondary N) is 1. The van der Waals surface area contributed by atoms with E-state index >= 15 is 0 Å². The van der Waals surface area contributed by atoms with E-state index in [0.717, 1.165) is 16.9 Å². The number of nitrogens with zero attached hydrogens (tertiary/aromatic N) is 1. The van der Waals surface area contributed by atoms with Gasteiger partial charge in [0.25, 0.3) is 0 Å². The van der Waals surface area contributed by atoms with E-state index in [1.165, 1.54) is 6.26 Å². The number of nitrogens with two attached hydrogens (primary N) is 1. The van der Waals surface area contributed by atoms with E-state index in [2.05, 4.69) is 23.8 Å². The van der Waals surface area contributed by atoms with Gasteiger partial charge in [0.1, 0.15) is 5.82 Å². The molecule has 6 heteroatoms. The van der Waals surface area contributed by atoms with E-state index in [1.54, 1.807) is 18.2 Å². The summed E-state index contributed by atoms with van der Waals surface area (Å²) < 4.78 is 23.0. The van der Waals surface area contributed by atoms with Crippen molar-refractivity contribution in [3.63, 3.8) is 0 Å². The van der Waals surface area contributed by atoms with Crippen LogP contribution in [0.15, 0.2) is 23.1 Å². The molecule has 1 unspecified atom stereocenters. The lowest BCUT2D eigenvalue weighted by atomic mass is 10.0. The standard InChI is InChI=1S/C13H19N3O2S/c1-8(2)10(14)7-13-15-11-5-4-9(19(3,17)18)6-12(11)16-13/h4-6,8,10H,7,14H2,1-3H3,(H,15,16). The molecule has 0 aliphatic heterocycles. The van der Waals surface area contributed by atoms with E-state index in [4.69, 9.17) is 5.73 Å². The predicted molar refractivity (Wildman–Crippen MR) is 75.7 cm³/mol. The lowest BCUT2D eigenvalue weighted by Gasteiger charge is -2.13. The minimum absolute atomic E-state index is 0.0370. The maximum absolute atomic E-state index is 11.5. The van der Waals surface area contributed by atoms with Crippen molar-refractivity contribution in [3.8, 4) is 0 Å². The molecule has 0 saturated heterocycles. The number of rotatable bonds is 4. The van der Waals surface area contributed by atoms with Crippen molar-refractivity contribution in [2.45, 2.75) is 31.2 Å². The van der Waals surface area contributed by atoms with E-state index < -0.39 is 9.84 Å². The van der Waals surface area contributed by atoms with Gasteiger partial charge in [0.2, 0.25) is 0 Å². The zero-order valence-electron chi connectivity index (χ0n) is 11.3. The van der Waals surface area contributed by atoms with Gasteiger partial charge < -0.3 is 10.7 Å². The first-order chi connectivity index (χ1) is 8.77. The number of hydrogen-bond acceptors (Lipinski definition) is 4.